The second-order valence-corrected chi connectivity index (χ2v) is 10.3. The maximum Gasteiger partial charge on any atom is 0.243 e. The van der Waals surface area contributed by atoms with Gasteiger partial charge < -0.3 is 5.32 Å². The number of carbonyl (C=O) groups is 1. The minimum Gasteiger partial charge on any atom is -0.323 e. The molecule has 1 aromatic carbocycles. The van der Waals surface area contributed by atoms with Crippen LogP contribution in [-0.2, 0) is 14.8 Å². The van der Waals surface area contributed by atoms with Crippen molar-refractivity contribution in [3.05, 3.63) is 23.2 Å². The summed E-state index contributed by atoms with van der Waals surface area (Å²) in [5.74, 6) is 0.529. The van der Waals surface area contributed by atoms with E-state index in [-0.39, 0.29) is 16.8 Å². The number of nitrogens with one attached hydrogen (secondary N) is 1. The first-order valence-electron chi connectivity index (χ1n) is 10.1. The van der Waals surface area contributed by atoms with Crippen molar-refractivity contribution >= 4 is 33.2 Å². The number of likely N-dealkylation sites (tertiary alicyclic amines) is 1. The van der Waals surface area contributed by atoms with Crippen LogP contribution in [0.1, 0.15) is 46.0 Å². The molecule has 2 fully saturated rings. The molecule has 156 valence electrons. The molecular formula is C20H30ClN3O3S. The molecule has 0 bridgehead atoms. The summed E-state index contributed by atoms with van der Waals surface area (Å²) in [5.41, 5.74) is 0.349. The third kappa shape index (κ3) is 4.87. The summed E-state index contributed by atoms with van der Waals surface area (Å²) in [4.78, 5) is 15.1. The number of amides is 1. The molecule has 8 heteroatoms. The topological polar surface area (TPSA) is 69.7 Å². The van der Waals surface area contributed by atoms with E-state index in [2.05, 4.69) is 17.1 Å². The smallest absolute Gasteiger partial charge is 0.243 e. The van der Waals surface area contributed by atoms with Crippen LogP contribution < -0.4 is 5.32 Å². The first-order chi connectivity index (χ1) is 13.3. The van der Waals surface area contributed by atoms with Crippen molar-refractivity contribution in [3.63, 3.8) is 0 Å². The summed E-state index contributed by atoms with van der Waals surface area (Å²) in [7, 11) is -3.57. The number of nitrogens with zero attached hydrogens (tertiary/aromatic N) is 2. The molecule has 2 heterocycles. The average Bonchev–Trinajstić information content (AvgIpc) is 2.70. The Bertz CT molecular complexity index is 801. The maximum absolute atomic E-state index is 12.9. The summed E-state index contributed by atoms with van der Waals surface area (Å²) < 4.78 is 27.3. The third-order valence-corrected chi connectivity index (χ3v) is 8.12. The highest BCUT2D eigenvalue weighted by Gasteiger charge is 2.28. The van der Waals surface area contributed by atoms with Crippen LogP contribution in [0.25, 0.3) is 0 Å². The molecule has 0 saturated carbocycles. The fraction of sp³-hybridized carbons (Fsp3) is 0.650. The van der Waals surface area contributed by atoms with Gasteiger partial charge in [0.15, 0.2) is 0 Å². The lowest BCUT2D eigenvalue weighted by molar-refractivity contribution is -0.121. The fourth-order valence-corrected chi connectivity index (χ4v) is 5.54. The summed E-state index contributed by atoms with van der Waals surface area (Å²) in [6, 6.07) is 4.25. The van der Waals surface area contributed by atoms with Crippen LogP contribution in [0.2, 0.25) is 5.02 Å². The molecule has 1 amide bonds. The molecule has 0 aromatic heterocycles. The van der Waals surface area contributed by atoms with Gasteiger partial charge in [0.2, 0.25) is 15.9 Å². The Morgan fingerprint density at radius 1 is 1.14 bits per heavy atom. The van der Waals surface area contributed by atoms with Gasteiger partial charge >= 0.3 is 0 Å². The van der Waals surface area contributed by atoms with Crippen LogP contribution in [0.15, 0.2) is 23.1 Å². The fourth-order valence-electron chi connectivity index (χ4n) is 3.83. The second kappa shape index (κ2) is 9.11. The lowest BCUT2D eigenvalue weighted by Gasteiger charge is -2.34. The lowest BCUT2D eigenvalue weighted by atomic mass is 9.98. The largest absolute Gasteiger partial charge is 0.323 e. The standard InChI is InChI=1S/C20H30ClN3O3S/c1-15-8-12-23(13-9-15)16(2)20(25)22-19-14-17(6-7-18(19)21)28(26,27)24-10-4-3-5-11-24/h6-7,14-16H,3-5,8-13H2,1-2H3,(H,22,25)/t16-/m1/s1. The van der Waals surface area contributed by atoms with Crippen molar-refractivity contribution in [2.45, 2.75) is 56.9 Å². The summed E-state index contributed by atoms with van der Waals surface area (Å²) in [6.07, 6.45) is 4.98. The van der Waals surface area contributed by atoms with Gasteiger partial charge in [-0.25, -0.2) is 8.42 Å². The van der Waals surface area contributed by atoms with Gasteiger partial charge in [-0.05, 0) is 69.8 Å². The van der Waals surface area contributed by atoms with E-state index in [0.29, 0.717) is 29.7 Å². The molecule has 0 radical (unpaired) electrons. The summed E-state index contributed by atoms with van der Waals surface area (Å²) in [6.45, 7) is 6.98. The van der Waals surface area contributed by atoms with Gasteiger partial charge in [0.1, 0.15) is 0 Å². The number of rotatable bonds is 5. The van der Waals surface area contributed by atoms with E-state index in [0.717, 1.165) is 45.2 Å². The average molecular weight is 428 g/mol. The molecule has 0 aliphatic carbocycles. The van der Waals surface area contributed by atoms with Gasteiger partial charge in [-0.2, -0.15) is 4.31 Å². The van der Waals surface area contributed by atoms with E-state index in [1.807, 2.05) is 6.92 Å². The number of halogens is 1. The van der Waals surface area contributed by atoms with Gasteiger partial charge in [-0.3, -0.25) is 9.69 Å². The highest BCUT2D eigenvalue weighted by molar-refractivity contribution is 7.89. The summed E-state index contributed by atoms with van der Waals surface area (Å²) >= 11 is 6.25. The Morgan fingerprint density at radius 3 is 2.43 bits per heavy atom. The molecular weight excluding hydrogens is 398 g/mol. The second-order valence-electron chi connectivity index (χ2n) is 7.99. The van der Waals surface area contributed by atoms with Crippen molar-refractivity contribution < 1.29 is 13.2 Å². The molecule has 3 rings (SSSR count). The Hall–Kier alpha value is -1.15. The first-order valence-corrected chi connectivity index (χ1v) is 12.0. The van der Waals surface area contributed by atoms with E-state index in [4.69, 9.17) is 11.6 Å². The number of carbonyl (C=O) groups excluding carboxylic acids is 1. The first kappa shape index (κ1) is 21.6. The van der Waals surface area contributed by atoms with Crippen molar-refractivity contribution in [2.75, 3.05) is 31.5 Å². The van der Waals surface area contributed by atoms with Gasteiger partial charge in [0, 0.05) is 13.1 Å². The number of sulfonamides is 1. The van der Waals surface area contributed by atoms with E-state index in [9.17, 15) is 13.2 Å². The molecule has 2 aliphatic heterocycles. The number of piperidine rings is 2. The molecule has 2 saturated heterocycles. The molecule has 28 heavy (non-hydrogen) atoms. The maximum atomic E-state index is 12.9. The van der Waals surface area contributed by atoms with Gasteiger partial charge in [-0.1, -0.05) is 24.9 Å². The van der Waals surface area contributed by atoms with Crippen LogP contribution >= 0.6 is 11.6 Å². The zero-order chi connectivity index (χ0) is 20.3. The highest BCUT2D eigenvalue weighted by atomic mass is 35.5. The zero-order valence-electron chi connectivity index (χ0n) is 16.7. The Labute approximate surface area is 173 Å². The molecule has 1 atom stereocenters. The predicted molar refractivity (Wildman–Crippen MR) is 112 cm³/mol. The number of anilines is 1. The Balaban J connectivity index is 1.73. The quantitative estimate of drug-likeness (QED) is 0.779. The van der Waals surface area contributed by atoms with Gasteiger partial charge in [0.25, 0.3) is 0 Å². The van der Waals surface area contributed by atoms with Crippen LogP contribution in [0, 0.1) is 5.92 Å². The van der Waals surface area contributed by atoms with Crippen LogP contribution in [0.3, 0.4) is 0 Å². The highest BCUT2D eigenvalue weighted by Crippen LogP contribution is 2.29. The summed E-state index contributed by atoms with van der Waals surface area (Å²) in [5, 5.41) is 3.18. The Morgan fingerprint density at radius 2 is 1.79 bits per heavy atom. The normalized spacial score (nSPS) is 21.4. The van der Waals surface area contributed by atoms with Crippen molar-refractivity contribution in [1.82, 2.24) is 9.21 Å². The molecule has 0 unspecified atom stereocenters. The van der Waals surface area contributed by atoms with Crippen LogP contribution in [-0.4, -0.2) is 55.8 Å². The van der Waals surface area contributed by atoms with E-state index in [1.54, 1.807) is 6.07 Å². The van der Waals surface area contributed by atoms with E-state index in [1.165, 1.54) is 16.4 Å². The van der Waals surface area contributed by atoms with Crippen molar-refractivity contribution in [2.24, 2.45) is 5.92 Å². The molecule has 1 aromatic rings. The minimum atomic E-state index is -3.57. The zero-order valence-corrected chi connectivity index (χ0v) is 18.2. The van der Waals surface area contributed by atoms with Crippen molar-refractivity contribution in [3.8, 4) is 0 Å². The molecule has 2 aliphatic rings. The SMILES string of the molecule is CC1CCN([C@H](C)C(=O)Nc2cc(S(=O)(=O)N3CCCCC3)ccc2Cl)CC1. The predicted octanol–water partition coefficient (Wildman–Crippen LogP) is 3.57. The lowest BCUT2D eigenvalue weighted by Crippen LogP contribution is -2.45. The monoisotopic (exact) mass is 427 g/mol. The Kier molecular flexibility index (Phi) is 7.02. The minimum absolute atomic E-state index is 0.163. The van der Waals surface area contributed by atoms with E-state index < -0.39 is 10.0 Å². The number of hydrogen-bond acceptors (Lipinski definition) is 4. The third-order valence-electron chi connectivity index (χ3n) is 5.89. The van der Waals surface area contributed by atoms with Crippen molar-refractivity contribution in [1.29, 1.82) is 0 Å². The number of benzene rings is 1. The molecule has 0 spiro atoms. The number of hydrogen-bond donors (Lipinski definition) is 1. The molecule has 1 N–H and O–H groups in total. The molecule has 6 nitrogen and oxygen atoms in total. The van der Waals surface area contributed by atoms with Gasteiger partial charge in [-0.15, -0.1) is 0 Å². The van der Waals surface area contributed by atoms with Crippen LogP contribution in [0.5, 0.6) is 0 Å². The van der Waals surface area contributed by atoms with Gasteiger partial charge in [0.05, 0.1) is 21.6 Å². The van der Waals surface area contributed by atoms with E-state index >= 15 is 0 Å². The van der Waals surface area contributed by atoms with Crippen LogP contribution in [0.4, 0.5) is 5.69 Å².